The van der Waals surface area contributed by atoms with Crippen LogP contribution in [0.4, 0.5) is 0 Å². The molecule has 5 heteroatoms. The predicted octanol–water partition coefficient (Wildman–Crippen LogP) is -1.02. The number of aliphatic hydroxyl groups excluding tert-OH is 1. The van der Waals surface area contributed by atoms with Crippen LogP contribution < -0.4 is 5.73 Å². The van der Waals surface area contributed by atoms with Crippen LogP contribution in [0.1, 0.15) is 0 Å². The summed E-state index contributed by atoms with van der Waals surface area (Å²) in [5.41, 5.74) is 5.66. The van der Waals surface area contributed by atoms with E-state index in [9.17, 15) is 0 Å². The van der Waals surface area contributed by atoms with Crippen molar-refractivity contribution in [2.75, 3.05) is 13.7 Å². The molecule has 0 bridgehead atoms. The Kier molecular flexibility index (Phi) is 3.15. The lowest BCUT2D eigenvalue weighted by molar-refractivity contribution is -0.121. The number of aliphatic hydroxyl groups is 1. The molecule has 1 saturated heterocycles. The van der Waals surface area contributed by atoms with Crippen molar-refractivity contribution >= 4 is 12.6 Å². The van der Waals surface area contributed by atoms with Crippen molar-refractivity contribution < 1.29 is 14.6 Å². The first kappa shape index (κ1) is 9.28. The van der Waals surface area contributed by atoms with Gasteiger partial charge in [0, 0.05) is 13.2 Å². The van der Waals surface area contributed by atoms with E-state index in [1.807, 2.05) is 0 Å². The van der Waals surface area contributed by atoms with Crippen LogP contribution in [0.25, 0.3) is 0 Å². The third kappa shape index (κ3) is 1.68. The number of hydrogen-bond donors (Lipinski definition) is 3. The van der Waals surface area contributed by atoms with Gasteiger partial charge >= 0.3 is 0 Å². The van der Waals surface area contributed by atoms with E-state index in [0.29, 0.717) is 0 Å². The number of thiol groups is 1. The van der Waals surface area contributed by atoms with Gasteiger partial charge in [0.2, 0.25) is 0 Å². The van der Waals surface area contributed by atoms with Crippen LogP contribution in [-0.2, 0) is 9.47 Å². The zero-order valence-electron chi connectivity index (χ0n) is 6.30. The predicted molar refractivity (Wildman–Crippen MR) is 43.5 cm³/mol. The van der Waals surface area contributed by atoms with Gasteiger partial charge in [0.1, 0.15) is 6.10 Å². The molecule has 0 aromatic rings. The van der Waals surface area contributed by atoms with Gasteiger partial charge in [0.25, 0.3) is 0 Å². The average Bonchev–Trinajstić information content (AvgIpc) is 2.30. The molecular weight excluding hydrogens is 166 g/mol. The molecule has 1 fully saturated rings. The smallest absolute Gasteiger partial charge is 0.170 e. The van der Waals surface area contributed by atoms with Gasteiger partial charge in [-0.05, 0) is 0 Å². The molecule has 0 aliphatic carbocycles. The molecule has 3 N–H and O–H groups in total. The first-order valence-corrected chi connectivity index (χ1v) is 3.95. The Morgan fingerprint density at radius 2 is 2.36 bits per heavy atom. The van der Waals surface area contributed by atoms with Crippen LogP contribution in [0.15, 0.2) is 0 Å². The van der Waals surface area contributed by atoms with Gasteiger partial charge in [-0.3, -0.25) is 0 Å². The van der Waals surface area contributed by atoms with Crippen LogP contribution in [0.5, 0.6) is 0 Å². The summed E-state index contributed by atoms with van der Waals surface area (Å²) < 4.78 is 10.1. The highest BCUT2D eigenvalue weighted by Crippen LogP contribution is 2.23. The number of methoxy groups -OCH3 is 1. The van der Waals surface area contributed by atoms with Crippen LogP contribution >= 0.6 is 12.6 Å². The first-order chi connectivity index (χ1) is 5.20. The summed E-state index contributed by atoms with van der Waals surface area (Å²) in [5, 5.41) is 8.62. The Morgan fingerprint density at radius 3 is 2.64 bits per heavy atom. The monoisotopic (exact) mass is 179 g/mol. The highest BCUT2D eigenvalue weighted by atomic mass is 32.1. The summed E-state index contributed by atoms with van der Waals surface area (Å²) in [6, 6.07) is -0.256. The third-order valence-electron chi connectivity index (χ3n) is 1.82. The number of rotatable bonds is 2. The van der Waals surface area contributed by atoms with Gasteiger partial charge in [-0.25, -0.2) is 0 Å². The zero-order chi connectivity index (χ0) is 8.43. The summed E-state index contributed by atoms with van der Waals surface area (Å²) in [4.78, 5) is 0. The quantitative estimate of drug-likeness (QED) is 0.475. The highest BCUT2D eigenvalue weighted by Gasteiger charge is 2.40. The molecule has 1 aliphatic rings. The Morgan fingerprint density at radius 1 is 1.73 bits per heavy atom. The van der Waals surface area contributed by atoms with Gasteiger partial charge in [0.05, 0.1) is 11.9 Å². The average molecular weight is 179 g/mol. The van der Waals surface area contributed by atoms with Gasteiger partial charge in [-0.1, -0.05) is 0 Å². The summed E-state index contributed by atoms with van der Waals surface area (Å²) in [7, 11) is 1.53. The number of hydrogen-bond acceptors (Lipinski definition) is 5. The molecule has 1 heterocycles. The van der Waals surface area contributed by atoms with Crippen molar-refractivity contribution in [3.05, 3.63) is 0 Å². The fraction of sp³-hybridized carbons (Fsp3) is 1.00. The molecule has 0 spiro atoms. The molecule has 0 aromatic carbocycles. The first-order valence-electron chi connectivity index (χ1n) is 3.43. The molecule has 4 unspecified atom stereocenters. The molecule has 0 aromatic heterocycles. The van der Waals surface area contributed by atoms with Gasteiger partial charge < -0.3 is 20.3 Å². The fourth-order valence-electron chi connectivity index (χ4n) is 1.10. The molecule has 0 amide bonds. The van der Waals surface area contributed by atoms with Crippen LogP contribution in [0, 0.1) is 0 Å². The fourth-order valence-corrected chi connectivity index (χ4v) is 1.49. The second-order valence-corrected chi connectivity index (χ2v) is 3.13. The Hall–Kier alpha value is 0.190. The van der Waals surface area contributed by atoms with E-state index in [0.717, 1.165) is 0 Å². The zero-order valence-corrected chi connectivity index (χ0v) is 7.20. The maximum atomic E-state index is 8.77. The van der Waals surface area contributed by atoms with Crippen molar-refractivity contribution in [1.82, 2.24) is 0 Å². The Balaban J connectivity index is 2.53. The molecule has 0 saturated carbocycles. The van der Waals surface area contributed by atoms with Crippen molar-refractivity contribution in [2.24, 2.45) is 5.73 Å². The molecular formula is C6H13NO3S. The summed E-state index contributed by atoms with van der Waals surface area (Å²) in [6.45, 7) is -0.0852. The van der Waals surface area contributed by atoms with E-state index in [1.54, 1.807) is 0 Å². The number of nitrogens with two attached hydrogens (primary N) is 1. The molecule has 0 radical (unpaired) electrons. The topological polar surface area (TPSA) is 64.7 Å². The van der Waals surface area contributed by atoms with Gasteiger partial charge in [0.15, 0.2) is 6.29 Å². The van der Waals surface area contributed by atoms with Gasteiger partial charge in [-0.15, -0.1) is 0 Å². The van der Waals surface area contributed by atoms with Gasteiger partial charge in [-0.2, -0.15) is 12.6 Å². The van der Waals surface area contributed by atoms with Crippen LogP contribution in [0.2, 0.25) is 0 Å². The minimum atomic E-state index is -0.398. The van der Waals surface area contributed by atoms with E-state index in [-0.39, 0.29) is 24.0 Å². The lowest BCUT2D eigenvalue weighted by atomic mass is 10.1. The maximum absolute atomic E-state index is 8.77. The summed E-state index contributed by atoms with van der Waals surface area (Å²) in [5.74, 6) is 0. The SMILES string of the molecule is COC1OC(CO)C(N)C1S. The van der Waals surface area contributed by atoms with Crippen LogP contribution in [0.3, 0.4) is 0 Å². The van der Waals surface area contributed by atoms with E-state index >= 15 is 0 Å². The minimum absolute atomic E-state index is 0.0852. The molecule has 1 aliphatic heterocycles. The van der Waals surface area contributed by atoms with E-state index in [1.165, 1.54) is 7.11 Å². The van der Waals surface area contributed by atoms with Crippen molar-refractivity contribution in [2.45, 2.75) is 23.7 Å². The van der Waals surface area contributed by atoms with E-state index in [2.05, 4.69) is 12.6 Å². The Bertz CT molecular complexity index is 117. The van der Waals surface area contributed by atoms with Crippen LogP contribution in [-0.4, -0.2) is 42.5 Å². The van der Waals surface area contributed by atoms with E-state index < -0.39 is 6.29 Å². The molecule has 11 heavy (non-hydrogen) atoms. The second-order valence-electron chi connectivity index (χ2n) is 2.53. The van der Waals surface area contributed by atoms with E-state index in [4.69, 9.17) is 20.3 Å². The van der Waals surface area contributed by atoms with Crippen molar-refractivity contribution in [1.29, 1.82) is 0 Å². The molecule has 1 rings (SSSR count). The molecule has 66 valence electrons. The normalized spacial score (nSPS) is 44.7. The lowest BCUT2D eigenvalue weighted by Gasteiger charge is -2.12. The number of ether oxygens (including phenoxy) is 2. The Labute approximate surface area is 71.1 Å². The largest absolute Gasteiger partial charge is 0.394 e. The third-order valence-corrected chi connectivity index (χ3v) is 2.41. The maximum Gasteiger partial charge on any atom is 0.170 e. The minimum Gasteiger partial charge on any atom is -0.394 e. The lowest BCUT2D eigenvalue weighted by Crippen LogP contribution is -2.39. The molecule has 4 atom stereocenters. The standard InChI is InChI=1S/C6H13NO3S/c1-9-6-5(11)4(7)3(2-8)10-6/h3-6,8,11H,2,7H2,1H3. The second kappa shape index (κ2) is 3.73. The molecule has 4 nitrogen and oxygen atoms in total. The van der Waals surface area contributed by atoms with Crippen molar-refractivity contribution in [3.8, 4) is 0 Å². The summed E-state index contributed by atoms with van der Waals surface area (Å²) in [6.07, 6.45) is -0.743. The summed E-state index contributed by atoms with van der Waals surface area (Å²) >= 11 is 4.19. The highest BCUT2D eigenvalue weighted by molar-refractivity contribution is 7.81. The van der Waals surface area contributed by atoms with Crippen molar-refractivity contribution in [3.63, 3.8) is 0 Å².